The van der Waals surface area contributed by atoms with Crippen molar-refractivity contribution in [2.75, 3.05) is 16.9 Å². The lowest BCUT2D eigenvalue weighted by molar-refractivity contribution is 0.0466. The summed E-state index contributed by atoms with van der Waals surface area (Å²) < 4.78 is 91.4. The highest BCUT2D eigenvalue weighted by Gasteiger charge is 2.29. The molecule has 2 N–H and O–H groups in total. The highest BCUT2D eigenvalue weighted by Crippen LogP contribution is 2.27. The average Bonchev–Trinajstić information content (AvgIpc) is 3.20. The molecule has 0 fully saturated rings. The number of rotatable bonds is 11. The van der Waals surface area contributed by atoms with Crippen LogP contribution in [0.2, 0.25) is 0 Å². The van der Waals surface area contributed by atoms with Crippen molar-refractivity contribution < 1.29 is 39.2 Å². The van der Waals surface area contributed by atoms with Crippen LogP contribution < -0.4 is 10.6 Å². The number of pyridine rings is 2. The number of sulfone groups is 3. The molecule has 0 atom stereocenters. The number of amides is 4. The van der Waals surface area contributed by atoms with Crippen molar-refractivity contribution >= 4 is 52.9 Å². The van der Waals surface area contributed by atoms with Gasteiger partial charge in [0.05, 0.1) is 32.7 Å². The summed E-state index contributed by atoms with van der Waals surface area (Å²) >= 11 is 0. The Balaban J connectivity index is 1.27. The number of halogens is 1. The first kappa shape index (κ1) is 41.1. The summed E-state index contributed by atoms with van der Waals surface area (Å²) in [7, 11) is -11.8. The lowest BCUT2D eigenvalue weighted by Crippen LogP contribution is -2.52. The third kappa shape index (κ3) is 9.54. The maximum atomic E-state index is 14.6. The maximum Gasteiger partial charge on any atom is 0.341 e. The Kier molecular flexibility index (Phi) is 12.0. The molecule has 0 aliphatic rings. The largest absolute Gasteiger partial charge is 0.341 e. The zero-order valence-corrected chi connectivity index (χ0v) is 33.3. The van der Waals surface area contributed by atoms with Crippen LogP contribution in [0.4, 0.5) is 25.4 Å². The predicted molar refractivity (Wildman–Crippen MR) is 212 cm³/mol. The van der Waals surface area contributed by atoms with Gasteiger partial charge in [-0.15, -0.1) is 0 Å². The van der Waals surface area contributed by atoms with Crippen LogP contribution in [-0.4, -0.2) is 63.6 Å². The molecule has 0 bridgehead atoms. The lowest BCUT2D eigenvalue weighted by Gasteiger charge is -2.35. The Morgan fingerprint density at radius 2 is 1.00 bits per heavy atom. The van der Waals surface area contributed by atoms with Crippen LogP contribution in [0, 0.1) is 12.7 Å². The zero-order chi connectivity index (χ0) is 41.7. The van der Waals surface area contributed by atoms with Gasteiger partial charge >= 0.3 is 12.1 Å². The number of aryl methyl sites for hydroxylation is 1. The molecule has 6 aromatic rings. The molecule has 58 heavy (non-hydrogen) atoms. The van der Waals surface area contributed by atoms with E-state index in [1.807, 2.05) is 0 Å². The van der Waals surface area contributed by atoms with E-state index in [2.05, 4.69) is 20.6 Å². The summed E-state index contributed by atoms with van der Waals surface area (Å²) in [5.41, 5.74) is 1.98. The topological polar surface area (TPSA) is 193 Å². The fraction of sp³-hybridized carbons (Fsp3) is 0.100. The van der Waals surface area contributed by atoms with Gasteiger partial charge in [-0.1, -0.05) is 18.2 Å². The summed E-state index contributed by atoms with van der Waals surface area (Å²) in [5, 5.41) is 7.64. The molecule has 0 aliphatic carbocycles. The molecule has 6 rings (SSSR count). The van der Waals surface area contributed by atoms with Gasteiger partial charge in [0, 0.05) is 42.4 Å². The lowest BCUT2D eigenvalue weighted by atomic mass is 10.2. The summed E-state index contributed by atoms with van der Waals surface area (Å²) in [5.74, 6) is -0.893. The van der Waals surface area contributed by atoms with Crippen molar-refractivity contribution in [2.24, 2.45) is 0 Å². The van der Waals surface area contributed by atoms with E-state index in [1.54, 1.807) is 43.6 Å². The second kappa shape index (κ2) is 16.9. The van der Waals surface area contributed by atoms with Crippen LogP contribution in [-0.2, 0) is 42.6 Å². The monoisotopic (exact) mass is 842 g/mol. The number of hydrogen-bond donors (Lipinski definition) is 2. The van der Waals surface area contributed by atoms with Crippen molar-refractivity contribution in [1.82, 2.24) is 20.0 Å². The van der Waals surface area contributed by atoms with Gasteiger partial charge in [-0.05, 0) is 121 Å². The number of benzene rings is 4. The molecule has 0 aliphatic heterocycles. The SMILES string of the molecule is Cc1ccc(S(=O)(=O)c2ccc(NC(=O)N(Cc3cccnc3)N(Cc3cccnc3)C(=O)Nc3ccc(S(=O)(=O)c4ccc(S(C)(=O)=O)cc4)cc3)cc2)c(F)c1. The van der Waals surface area contributed by atoms with Gasteiger partial charge < -0.3 is 10.6 Å². The van der Waals surface area contributed by atoms with Crippen molar-refractivity contribution in [2.45, 2.75) is 44.5 Å². The van der Waals surface area contributed by atoms with E-state index in [9.17, 15) is 39.2 Å². The first-order chi connectivity index (χ1) is 27.5. The maximum absolute atomic E-state index is 14.6. The molecule has 4 aromatic carbocycles. The molecule has 18 heteroatoms. The second-order valence-electron chi connectivity index (χ2n) is 12.9. The fourth-order valence-electron chi connectivity index (χ4n) is 5.63. The van der Waals surface area contributed by atoms with Gasteiger partial charge in [-0.3, -0.25) is 9.97 Å². The number of carbonyl (C=O) groups is 2. The highest BCUT2D eigenvalue weighted by molar-refractivity contribution is 7.92. The van der Waals surface area contributed by atoms with Crippen molar-refractivity contribution in [1.29, 1.82) is 0 Å². The Bertz CT molecular complexity index is 2780. The first-order valence-corrected chi connectivity index (χ1v) is 22.1. The minimum atomic E-state index is -4.23. The van der Waals surface area contributed by atoms with E-state index in [0.29, 0.717) is 16.7 Å². The fourth-order valence-corrected chi connectivity index (χ4v) is 8.83. The number of hydrazine groups is 1. The number of hydrogen-bond acceptors (Lipinski definition) is 10. The van der Waals surface area contributed by atoms with E-state index >= 15 is 0 Å². The standard InChI is InChI=1S/C40H35FN6O8S3/c1-28-7-20-38(37(41)23-28)58(54,55)36-14-10-32(11-15-36)45-40(49)47(27-30-6-4-22-43-25-30)46(26-29-5-3-21-42-24-29)39(48)44-31-8-12-34(13-9-31)57(52,53)35-18-16-33(17-19-35)56(2,50)51/h3-25H,26-27H2,1-2H3,(H,44,48)(H,45,49). The van der Waals surface area contributed by atoms with E-state index < -0.39 is 52.3 Å². The van der Waals surface area contributed by atoms with E-state index in [4.69, 9.17) is 0 Å². The van der Waals surface area contributed by atoms with Gasteiger partial charge in [0.2, 0.25) is 19.7 Å². The number of nitrogens with zero attached hydrogens (tertiary/aromatic N) is 4. The van der Waals surface area contributed by atoms with Crippen molar-refractivity contribution in [3.63, 3.8) is 0 Å². The molecule has 2 heterocycles. The summed E-state index contributed by atoms with van der Waals surface area (Å²) in [6.45, 7) is 1.31. The average molecular weight is 843 g/mol. The quantitative estimate of drug-likeness (QED) is 0.133. The van der Waals surface area contributed by atoms with Gasteiger partial charge in [-0.2, -0.15) is 0 Å². The first-order valence-electron chi connectivity index (χ1n) is 17.2. The van der Waals surface area contributed by atoms with E-state index in [-0.39, 0.29) is 44.0 Å². The number of urea groups is 2. The molecular formula is C40H35FN6O8S3. The van der Waals surface area contributed by atoms with E-state index in [1.165, 1.54) is 97.3 Å². The minimum Gasteiger partial charge on any atom is -0.306 e. The Morgan fingerprint density at radius 3 is 1.40 bits per heavy atom. The number of anilines is 2. The molecule has 14 nitrogen and oxygen atoms in total. The van der Waals surface area contributed by atoms with Crippen LogP contribution in [0.3, 0.4) is 0 Å². The van der Waals surface area contributed by atoms with Crippen LogP contribution in [0.25, 0.3) is 0 Å². The van der Waals surface area contributed by atoms with Crippen LogP contribution in [0.5, 0.6) is 0 Å². The third-order valence-corrected chi connectivity index (χ3v) is 13.4. The molecule has 4 amide bonds. The predicted octanol–water partition coefficient (Wildman–Crippen LogP) is 6.68. The summed E-state index contributed by atoms with van der Waals surface area (Å²) in [6, 6.07) is 24.1. The molecule has 0 spiro atoms. The molecule has 0 radical (unpaired) electrons. The van der Waals surface area contributed by atoms with Crippen molar-refractivity contribution in [3.8, 4) is 0 Å². The van der Waals surface area contributed by atoms with Gasteiger partial charge in [0.1, 0.15) is 10.7 Å². The Morgan fingerprint density at radius 1 is 0.586 bits per heavy atom. The Labute approximate surface area is 334 Å². The second-order valence-corrected chi connectivity index (χ2v) is 18.8. The number of aromatic nitrogens is 2. The molecule has 298 valence electrons. The van der Waals surface area contributed by atoms with Crippen LogP contribution in [0.1, 0.15) is 16.7 Å². The minimum absolute atomic E-state index is 0.0355. The molecule has 0 unspecified atom stereocenters. The van der Waals surface area contributed by atoms with Crippen molar-refractivity contribution in [3.05, 3.63) is 163 Å². The summed E-state index contributed by atoms with van der Waals surface area (Å²) in [6.07, 6.45) is 7.12. The number of nitrogens with one attached hydrogen (secondary N) is 2. The van der Waals surface area contributed by atoms with Crippen LogP contribution in [0.15, 0.2) is 165 Å². The third-order valence-electron chi connectivity index (χ3n) is 8.64. The number of carbonyl (C=O) groups excluding carboxylic acids is 2. The highest BCUT2D eigenvalue weighted by atomic mass is 32.2. The molecule has 2 aromatic heterocycles. The molecular weight excluding hydrogens is 808 g/mol. The van der Waals surface area contributed by atoms with Crippen LogP contribution >= 0.6 is 0 Å². The van der Waals surface area contributed by atoms with Gasteiger partial charge in [0.15, 0.2) is 9.84 Å². The molecule has 0 saturated carbocycles. The summed E-state index contributed by atoms with van der Waals surface area (Å²) in [4.78, 5) is 35.6. The normalized spacial score (nSPS) is 11.7. The molecule has 0 saturated heterocycles. The smallest absolute Gasteiger partial charge is 0.306 e. The van der Waals surface area contributed by atoms with Gasteiger partial charge in [-0.25, -0.2) is 49.3 Å². The Hall–Kier alpha value is -6.50. The van der Waals surface area contributed by atoms with Gasteiger partial charge in [0.25, 0.3) is 0 Å². The van der Waals surface area contributed by atoms with E-state index in [0.717, 1.165) is 22.3 Å². The zero-order valence-electron chi connectivity index (χ0n) is 30.9.